The summed E-state index contributed by atoms with van der Waals surface area (Å²) in [6.45, 7) is 1.97. The maximum atomic E-state index is 10.6. The van der Waals surface area contributed by atoms with Crippen LogP contribution >= 0.6 is 0 Å². The summed E-state index contributed by atoms with van der Waals surface area (Å²) in [5.74, 6) is 0.195. The topological polar surface area (TPSA) is 63.3 Å². The normalized spacial score (nSPS) is 12.4. The third-order valence-corrected chi connectivity index (χ3v) is 2.04. The fraction of sp³-hybridized carbons (Fsp3) is 0.364. The van der Waals surface area contributed by atoms with E-state index in [1.165, 1.54) is 0 Å². The van der Waals surface area contributed by atoms with Crippen LogP contribution in [-0.4, -0.2) is 11.0 Å². The first-order valence-corrected chi connectivity index (χ1v) is 4.64. The number of phenolic OH excluding ortho intramolecular Hbond substituents is 1. The highest BCUT2D eigenvalue weighted by Gasteiger charge is 2.07. The zero-order valence-corrected chi connectivity index (χ0v) is 8.23. The molecule has 0 aliphatic carbocycles. The van der Waals surface area contributed by atoms with Crippen molar-refractivity contribution >= 4 is 5.91 Å². The number of primary amides is 1. The standard InChI is InChI=1S/C11H15NO2/c1-8(6-11(12)14)5-9-3-2-4-10(13)7-9/h2-4,7-8,13H,5-6H2,1H3,(H2,12,14)/t8-/m0/s1. The summed E-state index contributed by atoms with van der Waals surface area (Å²) in [5.41, 5.74) is 6.12. The number of nitrogens with two attached hydrogens (primary N) is 1. The third-order valence-electron chi connectivity index (χ3n) is 2.04. The number of hydrogen-bond acceptors (Lipinski definition) is 2. The highest BCUT2D eigenvalue weighted by Crippen LogP contribution is 2.16. The lowest BCUT2D eigenvalue weighted by molar-refractivity contribution is -0.118. The minimum absolute atomic E-state index is 0.217. The predicted octanol–water partition coefficient (Wildman–Crippen LogP) is 1.45. The van der Waals surface area contributed by atoms with E-state index in [-0.39, 0.29) is 17.6 Å². The molecule has 0 aromatic heterocycles. The molecule has 0 unspecified atom stereocenters. The number of aromatic hydroxyl groups is 1. The van der Waals surface area contributed by atoms with E-state index in [0.29, 0.717) is 6.42 Å². The highest BCUT2D eigenvalue weighted by molar-refractivity contribution is 5.73. The Bertz CT molecular complexity index is 323. The van der Waals surface area contributed by atoms with E-state index >= 15 is 0 Å². The van der Waals surface area contributed by atoms with Gasteiger partial charge in [0, 0.05) is 6.42 Å². The number of hydrogen-bond donors (Lipinski definition) is 2. The number of benzene rings is 1. The van der Waals surface area contributed by atoms with Crippen molar-refractivity contribution in [2.75, 3.05) is 0 Å². The summed E-state index contributed by atoms with van der Waals surface area (Å²) in [6, 6.07) is 7.05. The van der Waals surface area contributed by atoms with Gasteiger partial charge in [0.05, 0.1) is 0 Å². The van der Waals surface area contributed by atoms with E-state index in [1.54, 1.807) is 18.2 Å². The first-order chi connectivity index (χ1) is 6.58. The Morgan fingerprint density at radius 2 is 2.29 bits per heavy atom. The van der Waals surface area contributed by atoms with Gasteiger partial charge in [-0.2, -0.15) is 0 Å². The van der Waals surface area contributed by atoms with Gasteiger partial charge in [-0.15, -0.1) is 0 Å². The SMILES string of the molecule is C[C@H](CC(N)=O)Cc1cccc(O)c1. The molecule has 0 aliphatic heterocycles. The fourth-order valence-electron chi connectivity index (χ4n) is 1.50. The molecule has 0 bridgehead atoms. The molecule has 14 heavy (non-hydrogen) atoms. The molecule has 1 atom stereocenters. The zero-order chi connectivity index (χ0) is 10.6. The lowest BCUT2D eigenvalue weighted by atomic mass is 9.98. The monoisotopic (exact) mass is 193 g/mol. The van der Waals surface area contributed by atoms with Crippen LogP contribution in [0, 0.1) is 5.92 Å². The number of amides is 1. The molecule has 1 aromatic rings. The lowest BCUT2D eigenvalue weighted by Crippen LogP contribution is -2.15. The molecule has 0 saturated carbocycles. The molecule has 76 valence electrons. The van der Waals surface area contributed by atoms with Crippen LogP contribution in [0.3, 0.4) is 0 Å². The Morgan fingerprint density at radius 3 is 2.86 bits per heavy atom. The number of phenols is 1. The van der Waals surface area contributed by atoms with Crippen LogP contribution in [0.2, 0.25) is 0 Å². The maximum Gasteiger partial charge on any atom is 0.217 e. The summed E-state index contributed by atoms with van der Waals surface area (Å²) in [7, 11) is 0. The average Bonchev–Trinajstić information content (AvgIpc) is 2.01. The van der Waals surface area contributed by atoms with Crippen molar-refractivity contribution in [3.63, 3.8) is 0 Å². The minimum atomic E-state index is -0.280. The number of carbonyl (C=O) groups excluding carboxylic acids is 1. The van der Waals surface area contributed by atoms with Gasteiger partial charge < -0.3 is 10.8 Å². The molecule has 3 nitrogen and oxygen atoms in total. The van der Waals surface area contributed by atoms with Crippen molar-refractivity contribution in [3.05, 3.63) is 29.8 Å². The lowest BCUT2D eigenvalue weighted by Gasteiger charge is -2.08. The van der Waals surface area contributed by atoms with Crippen molar-refractivity contribution in [1.82, 2.24) is 0 Å². The van der Waals surface area contributed by atoms with Gasteiger partial charge in [-0.05, 0) is 30.0 Å². The minimum Gasteiger partial charge on any atom is -0.508 e. The van der Waals surface area contributed by atoms with E-state index in [4.69, 9.17) is 5.73 Å². The van der Waals surface area contributed by atoms with Gasteiger partial charge in [0.1, 0.15) is 5.75 Å². The highest BCUT2D eigenvalue weighted by atomic mass is 16.3. The molecule has 0 fully saturated rings. The Morgan fingerprint density at radius 1 is 1.57 bits per heavy atom. The zero-order valence-electron chi connectivity index (χ0n) is 8.23. The summed E-state index contributed by atoms with van der Waals surface area (Å²) in [5, 5.41) is 9.22. The van der Waals surface area contributed by atoms with Gasteiger partial charge in [-0.1, -0.05) is 19.1 Å². The third kappa shape index (κ3) is 3.47. The van der Waals surface area contributed by atoms with Crippen molar-refractivity contribution in [3.8, 4) is 5.75 Å². The Hall–Kier alpha value is -1.51. The number of rotatable bonds is 4. The van der Waals surface area contributed by atoms with Crippen LogP contribution in [0.4, 0.5) is 0 Å². The van der Waals surface area contributed by atoms with E-state index < -0.39 is 0 Å². The molecule has 0 spiro atoms. The van der Waals surface area contributed by atoms with Crippen LogP contribution in [0.15, 0.2) is 24.3 Å². The van der Waals surface area contributed by atoms with Crippen LogP contribution in [0.1, 0.15) is 18.9 Å². The quantitative estimate of drug-likeness (QED) is 0.760. The Balaban J connectivity index is 2.55. The van der Waals surface area contributed by atoms with E-state index in [0.717, 1.165) is 12.0 Å². The molecule has 1 rings (SSSR count). The van der Waals surface area contributed by atoms with Crippen LogP contribution in [0.5, 0.6) is 5.75 Å². The van der Waals surface area contributed by atoms with Crippen molar-refractivity contribution in [2.45, 2.75) is 19.8 Å². The second-order valence-electron chi connectivity index (χ2n) is 3.65. The first-order valence-electron chi connectivity index (χ1n) is 4.64. The van der Waals surface area contributed by atoms with Crippen molar-refractivity contribution < 1.29 is 9.90 Å². The average molecular weight is 193 g/mol. The van der Waals surface area contributed by atoms with Crippen LogP contribution in [-0.2, 0) is 11.2 Å². The molecule has 0 radical (unpaired) electrons. The van der Waals surface area contributed by atoms with Gasteiger partial charge in [-0.3, -0.25) is 4.79 Å². The number of carbonyl (C=O) groups is 1. The second-order valence-corrected chi connectivity index (χ2v) is 3.65. The van der Waals surface area contributed by atoms with Crippen LogP contribution in [0.25, 0.3) is 0 Å². The van der Waals surface area contributed by atoms with Gasteiger partial charge in [0.2, 0.25) is 5.91 Å². The van der Waals surface area contributed by atoms with Crippen molar-refractivity contribution in [2.24, 2.45) is 11.7 Å². The van der Waals surface area contributed by atoms with Gasteiger partial charge in [0.25, 0.3) is 0 Å². The smallest absolute Gasteiger partial charge is 0.217 e. The molecule has 3 N–H and O–H groups in total. The fourth-order valence-corrected chi connectivity index (χ4v) is 1.50. The van der Waals surface area contributed by atoms with Gasteiger partial charge >= 0.3 is 0 Å². The van der Waals surface area contributed by atoms with E-state index in [9.17, 15) is 9.90 Å². The summed E-state index contributed by atoms with van der Waals surface area (Å²) >= 11 is 0. The summed E-state index contributed by atoms with van der Waals surface area (Å²) < 4.78 is 0. The van der Waals surface area contributed by atoms with Crippen molar-refractivity contribution in [1.29, 1.82) is 0 Å². The molecule has 0 saturated heterocycles. The largest absolute Gasteiger partial charge is 0.508 e. The summed E-state index contributed by atoms with van der Waals surface area (Å²) in [6.07, 6.45) is 1.15. The van der Waals surface area contributed by atoms with Crippen LogP contribution < -0.4 is 5.73 Å². The molecule has 0 aliphatic rings. The summed E-state index contributed by atoms with van der Waals surface area (Å²) in [4.78, 5) is 10.6. The Labute approximate surface area is 83.6 Å². The molecule has 3 heteroatoms. The van der Waals surface area contributed by atoms with Gasteiger partial charge in [-0.25, -0.2) is 0 Å². The molecule has 1 aromatic carbocycles. The predicted molar refractivity (Wildman–Crippen MR) is 54.8 cm³/mol. The molecular formula is C11H15NO2. The van der Waals surface area contributed by atoms with Gasteiger partial charge in [0.15, 0.2) is 0 Å². The molecule has 1 amide bonds. The molecule has 0 heterocycles. The first kappa shape index (κ1) is 10.6. The molecular weight excluding hydrogens is 178 g/mol. The van der Waals surface area contributed by atoms with E-state index in [2.05, 4.69) is 0 Å². The van der Waals surface area contributed by atoms with E-state index in [1.807, 2.05) is 13.0 Å². The maximum absolute atomic E-state index is 10.6. The Kier molecular flexibility index (Phi) is 3.51. The second kappa shape index (κ2) is 4.65.